The van der Waals surface area contributed by atoms with E-state index in [0.29, 0.717) is 19.0 Å². The minimum atomic E-state index is -3.93. The smallest absolute Gasteiger partial charge is 0.312 e. The van der Waals surface area contributed by atoms with Gasteiger partial charge in [0, 0.05) is 13.1 Å². The molecule has 1 saturated heterocycles. The molecule has 1 fully saturated rings. The quantitative estimate of drug-likeness (QED) is 0.585. The summed E-state index contributed by atoms with van der Waals surface area (Å²) in [7, 11) is -3.93. The molecule has 0 aliphatic carbocycles. The third kappa shape index (κ3) is 2.56. The van der Waals surface area contributed by atoms with E-state index in [1.165, 1.54) is 4.67 Å². The molecule has 1 rings (SSSR count). The molecule has 0 bridgehead atoms. The van der Waals surface area contributed by atoms with E-state index in [1.807, 2.05) is 0 Å². The fourth-order valence-corrected chi connectivity index (χ4v) is 2.01. The third-order valence-corrected chi connectivity index (χ3v) is 3.27. The summed E-state index contributed by atoms with van der Waals surface area (Å²) >= 11 is 0. The van der Waals surface area contributed by atoms with Gasteiger partial charge in [-0.15, -0.1) is 0 Å². The van der Waals surface area contributed by atoms with Gasteiger partial charge in [-0.05, 0) is 18.8 Å². The number of nitrogens with zero attached hydrogens (tertiary/aromatic N) is 1. The van der Waals surface area contributed by atoms with Crippen LogP contribution >= 0.6 is 7.75 Å². The molecular weight excluding hydrogens is 165 g/mol. The molecule has 11 heavy (non-hydrogen) atoms. The van der Waals surface area contributed by atoms with Crippen LogP contribution in [0.4, 0.5) is 0 Å². The summed E-state index contributed by atoms with van der Waals surface area (Å²) in [6.45, 7) is 3.17. The van der Waals surface area contributed by atoms with Crippen LogP contribution in [0.2, 0.25) is 0 Å². The number of hydrogen-bond acceptors (Lipinski definition) is 1. The summed E-state index contributed by atoms with van der Waals surface area (Å²) in [5.41, 5.74) is 0. The highest BCUT2D eigenvalue weighted by Gasteiger charge is 2.28. The maximum Gasteiger partial charge on any atom is 0.402 e. The van der Waals surface area contributed by atoms with E-state index in [2.05, 4.69) is 6.92 Å². The zero-order chi connectivity index (χ0) is 8.48. The van der Waals surface area contributed by atoms with Crippen molar-refractivity contribution in [2.75, 3.05) is 13.1 Å². The molecule has 0 aromatic rings. The Kier molecular flexibility index (Phi) is 2.70. The van der Waals surface area contributed by atoms with Crippen LogP contribution in [-0.2, 0) is 4.57 Å². The topological polar surface area (TPSA) is 60.8 Å². The average molecular weight is 179 g/mol. The average Bonchev–Trinajstić information content (AvgIpc) is 1.86. The molecule has 2 N–H and O–H groups in total. The summed E-state index contributed by atoms with van der Waals surface area (Å²) in [5, 5.41) is 0. The molecule has 0 aromatic heterocycles. The molecule has 4 nitrogen and oxygen atoms in total. The zero-order valence-corrected chi connectivity index (χ0v) is 7.50. The fourth-order valence-electron chi connectivity index (χ4n) is 1.26. The summed E-state index contributed by atoms with van der Waals surface area (Å²) in [6, 6.07) is 0. The molecule has 0 spiro atoms. The lowest BCUT2D eigenvalue weighted by atomic mass is 10.0. The highest BCUT2D eigenvalue weighted by Crippen LogP contribution is 2.42. The van der Waals surface area contributed by atoms with Gasteiger partial charge in [-0.2, -0.15) is 0 Å². The highest BCUT2D eigenvalue weighted by molar-refractivity contribution is 7.49. The first-order chi connectivity index (χ1) is 5.00. The van der Waals surface area contributed by atoms with E-state index in [1.54, 1.807) is 0 Å². The number of hydrogen-bond donors (Lipinski definition) is 2. The molecule has 0 aromatic carbocycles. The highest BCUT2D eigenvalue weighted by atomic mass is 31.2. The Morgan fingerprint density at radius 2 is 1.82 bits per heavy atom. The van der Waals surface area contributed by atoms with Crippen molar-refractivity contribution < 1.29 is 14.4 Å². The van der Waals surface area contributed by atoms with Gasteiger partial charge in [0.15, 0.2) is 0 Å². The lowest BCUT2D eigenvalue weighted by molar-refractivity contribution is 0.219. The van der Waals surface area contributed by atoms with Crippen molar-refractivity contribution in [2.45, 2.75) is 19.8 Å². The van der Waals surface area contributed by atoms with Gasteiger partial charge in [0.25, 0.3) is 0 Å². The first-order valence-electron chi connectivity index (χ1n) is 3.81. The minimum Gasteiger partial charge on any atom is -0.312 e. The second-order valence-electron chi connectivity index (χ2n) is 3.15. The lowest BCUT2D eigenvalue weighted by Crippen LogP contribution is -2.30. The molecule has 1 aliphatic rings. The molecular formula is C6H14NO3P. The Bertz CT molecular complexity index is 171. The van der Waals surface area contributed by atoms with Crippen LogP contribution < -0.4 is 0 Å². The normalized spacial score (nSPS) is 23.9. The van der Waals surface area contributed by atoms with Crippen LogP contribution in [0.5, 0.6) is 0 Å². The molecule has 66 valence electrons. The number of piperidine rings is 1. The van der Waals surface area contributed by atoms with Gasteiger partial charge >= 0.3 is 7.75 Å². The third-order valence-electron chi connectivity index (χ3n) is 2.13. The van der Waals surface area contributed by atoms with E-state index in [9.17, 15) is 4.57 Å². The second-order valence-corrected chi connectivity index (χ2v) is 4.74. The Hall–Kier alpha value is 0.110. The summed E-state index contributed by atoms with van der Waals surface area (Å²) in [4.78, 5) is 17.5. The van der Waals surface area contributed by atoms with Gasteiger partial charge in [0.2, 0.25) is 0 Å². The van der Waals surface area contributed by atoms with E-state index in [0.717, 1.165) is 12.8 Å². The molecule has 0 amide bonds. The summed E-state index contributed by atoms with van der Waals surface area (Å²) in [6.07, 6.45) is 1.79. The van der Waals surface area contributed by atoms with E-state index < -0.39 is 7.75 Å². The van der Waals surface area contributed by atoms with Crippen LogP contribution in [0.25, 0.3) is 0 Å². The molecule has 0 radical (unpaired) electrons. The van der Waals surface area contributed by atoms with Crippen LogP contribution in [0.1, 0.15) is 19.8 Å². The Morgan fingerprint density at radius 3 is 2.18 bits per heavy atom. The van der Waals surface area contributed by atoms with E-state index in [4.69, 9.17) is 9.79 Å². The largest absolute Gasteiger partial charge is 0.402 e. The standard InChI is InChI=1S/C6H14NO3P/c1-6-2-4-7(5-3-6)11(8,9)10/h6H,2-5H2,1H3,(H2,8,9,10). The first kappa shape index (κ1) is 9.20. The van der Waals surface area contributed by atoms with Crippen LogP contribution in [0.3, 0.4) is 0 Å². The zero-order valence-electron chi connectivity index (χ0n) is 6.60. The van der Waals surface area contributed by atoms with Crippen molar-refractivity contribution in [1.29, 1.82) is 0 Å². The van der Waals surface area contributed by atoms with Crippen molar-refractivity contribution >= 4 is 7.75 Å². The molecule has 0 saturated carbocycles. The molecule has 1 heterocycles. The van der Waals surface area contributed by atoms with Gasteiger partial charge < -0.3 is 9.79 Å². The van der Waals surface area contributed by atoms with Crippen molar-refractivity contribution in [3.8, 4) is 0 Å². The molecule has 1 aliphatic heterocycles. The van der Waals surface area contributed by atoms with Gasteiger partial charge in [0.1, 0.15) is 0 Å². The predicted octanol–water partition coefficient (Wildman–Crippen LogP) is 0.811. The minimum absolute atomic E-state index is 0.533. The predicted molar refractivity (Wildman–Crippen MR) is 42.0 cm³/mol. The maximum atomic E-state index is 10.7. The van der Waals surface area contributed by atoms with Gasteiger partial charge in [-0.3, -0.25) is 0 Å². The monoisotopic (exact) mass is 179 g/mol. The second kappa shape index (κ2) is 3.23. The molecule has 5 heteroatoms. The maximum absolute atomic E-state index is 10.7. The van der Waals surface area contributed by atoms with Gasteiger partial charge in [-0.1, -0.05) is 6.92 Å². The van der Waals surface area contributed by atoms with E-state index >= 15 is 0 Å². The molecule has 0 unspecified atom stereocenters. The molecule has 0 atom stereocenters. The van der Waals surface area contributed by atoms with Crippen molar-refractivity contribution in [3.63, 3.8) is 0 Å². The van der Waals surface area contributed by atoms with E-state index in [-0.39, 0.29) is 0 Å². The Morgan fingerprint density at radius 1 is 1.36 bits per heavy atom. The van der Waals surface area contributed by atoms with Crippen LogP contribution in [0.15, 0.2) is 0 Å². The Balaban J connectivity index is 2.46. The summed E-state index contributed by atoms with van der Waals surface area (Å²) < 4.78 is 12.0. The van der Waals surface area contributed by atoms with Gasteiger partial charge in [-0.25, -0.2) is 9.24 Å². The lowest BCUT2D eigenvalue weighted by Gasteiger charge is -2.29. The van der Waals surface area contributed by atoms with Crippen molar-refractivity contribution in [3.05, 3.63) is 0 Å². The Labute approximate surface area is 66.4 Å². The fraction of sp³-hybridized carbons (Fsp3) is 1.00. The van der Waals surface area contributed by atoms with Crippen molar-refractivity contribution in [2.24, 2.45) is 5.92 Å². The first-order valence-corrected chi connectivity index (χ1v) is 5.37. The SMILES string of the molecule is CC1CCN(P(=O)(O)O)CC1. The summed E-state index contributed by atoms with van der Waals surface area (Å²) in [5.74, 6) is 0.609. The van der Waals surface area contributed by atoms with Crippen LogP contribution in [0, 0.1) is 5.92 Å². The van der Waals surface area contributed by atoms with Crippen molar-refractivity contribution in [1.82, 2.24) is 4.67 Å². The number of rotatable bonds is 1. The van der Waals surface area contributed by atoms with Gasteiger partial charge in [0.05, 0.1) is 0 Å². The van der Waals surface area contributed by atoms with Crippen LogP contribution in [-0.4, -0.2) is 27.5 Å².